The number of aryl methyl sites for hydroxylation is 1. The summed E-state index contributed by atoms with van der Waals surface area (Å²) < 4.78 is 28.2. The van der Waals surface area contributed by atoms with Crippen molar-refractivity contribution in [2.45, 2.75) is 51.9 Å². The largest absolute Gasteiger partial charge is 0.271 e. The van der Waals surface area contributed by atoms with Crippen molar-refractivity contribution in [3.05, 3.63) is 94.0 Å². The van der Waals surface area contributed by atoms with Gasteiger partial charge in [0, 0.05) is 5.02 Å². The summed E-state index contributed by atoms with van der Waals surface area (Å²) in [5, 5.41) is 4.62. The highest BCUT2D eigenvalue weighted by atomic mass is 35.5. The summed E-state index contributed by atoms with van der Waals surface area (Å²) in [6.07, 6.45) is 0. The van der Waals surface area contributed by atoms with E-state index in [4.69, 9.17) is 11.6 Å². The third-order valence-electron chi connectivity index (χ3n) is 5.92. The zero-order chi connectivity index (χ0) is 26.7. The smallest absolute Gasteiger partial charge is 0.264 e. The van der Waals surface area contributed by atoms with Crippen LogP contribution in [-0.4, -0.2) is 26.6 Å². The molecule has 0 radical (unpaired) electrons. The number of carbonyl (C=O) groups excluding carboxylic acids is 1. The van der Waals surface area contributed by atoms with Gasteiger partial charge in [-0.15, -0.1) is 0 Å². The van der Waals surface area contributed by atoms with E-state index >= 15 is 0 Å². The molecule has 0 bridgehead atoms. The molecule has 3 aromatic carbocycles. The molecular weight excluding hydrogens is 494 g/mol. The number of nitrogens with zero attached hydrogens (tertiary/aromatic N) is 2. The molecule has 0 saturated heterocycles. The fourth-order valence-electron chi connectivity index (χ4n) is 3.59. The van der Waals surface area contributed by atoms with Gasteiger partial charge in [0.25, 0.3) is 15.9 Å². The Hall–Kier alpha value is -3.16. The molecule has 3 rings (SSSR count). The highest BCUT2D eigenvalue weighted by Gasteiger charge is 2.28. The zero-order valence-electron chi connectivity index (χ0n) is 21.5. The summed E-state index contributed by atoms with van der Waals surface area (Å²) in [5.41, 5.74) is 7.01. The molecule has 6 nitrogen and oxygen atoms in total. The van der Waals surface area contributed by atoms with Crippen LogP contribution in [0.2, 0.25) is 5.02 Å². The average molecular weight is 526 g/mol. The van der Waals surface area contributed by atoms with Crippen LogP contribution in [-0.2, 0) is 20.2 Å². The molecule has 0 fully saturated rings. The van der Waals surface area contributed by atoms with E-state index in [2.05, 4.69) is 31.3 Å². The summed E-state index contributed by atoms with van der Waals surface area (Å²) in [7, 11) is -4.05. The van der Waals surface area contributed by atoms with Crippen LogP contribution in [0.4, 0.5) is 5.69 Å². The van der Waals surface area contributed by atoms with E-state index in [9.17, 15) is 13.2 Å². The Bertz CT molecular complexity index is 1380. The number of sulfonamides is 1. The van der Waals surface area contributed by atoms with E-state index in [1.54, 1.807) is 44.2 Å². The molecule has 0 aromatic heterocycles. The first-order valence-electron chi connectivity index (χ1n) is 11.6. The van der Waals surface area contributed by atoms with Gasteiger partial charge in [0.15, 0.2) is 0 Å². The highest BCUT2D eigenvalue weighted by molar-refractivity contribution is 7.92. The van der Waals surface area contributed by atoms with Crippen LogP contribution in [0.5, 0.6) is 0 Å². The molecule has 36 heavy (non-hydrogen) atoms. The average Bonchev–Trinajstić information content (AvgIpc) is 2.82. The first kappa shape index (κ1) is 27.4. The standard InChI is InChI=1S/C28H32ClN3O3S/c1-19-10-16-24(17-11-19)36(34,35)32(26-9-7-8-25(29)20(26)2)18-27(33)31-30-21(3)22-12-14-23(15-13-22)28(4,5)6/h7-17H,18H2,1-6H3,(H,31,33)/b30-21-. The molecule has 190 valence electrons. The van der Waals surface area contributed by atoms with E-state index in [0.29, 0.717) is 22.0 Å². The maximum Gasteiger partial charge on any atom is 0.264 e. The summed E-state index contributed by atoms with van der Waals surface area (Å²) in [6.45, 7) is 11.3. The summed E-state index contributed by atoms with van der Waals surface area (Å²) in [4.78, 5) is 13.0. The van der Waals surface area contributed by atoms with Crippen LogP contribution in [0.1, 0.15) is 49.9 Å². The van der Waals surface area contributed by atoms with E-state index in [1.165, 1.54) is 17.7 Å². The van der Waals surface area contributed by atoms with Crippen molar-refractivity contribution in [2.75, 3.05) is 10.8 Å². The van der Waals surface area contributed by atoms with Gasteiger partial charge in [-0.3, -0.25) is 9.10 Å². The normalized spacial score (nSPS) is 12.4. The predicted octanol–water partition coefficient (Wildman–Crippen LogP) is 5.99. The fourth-order valence-corrected chi connectivity index (χ4v) is 5.24. The van der Waals surface area contributed by atoms with Gasteiger partial charge in [-0.25, -0.2) is 13.8 Å². The maximum atomic E-state index is 13.6. The number of nitrogens with one attached hydrogen (secondary N) is 1. The molecule has 1 amide bonds. The fraction of sp³-hybridized carbons (Fsp3) is 0.286. The van der Waals surface area contributed by atoms with Crippen molar-refractivity contribution in [2.24, 2.45) is 5.10 Å². The molecule has 0 aliphatic rings. The lowest BCUT2D eigenvalue weighted by Gasteiger charge is -2.25. The van der Waals surface area contributed by atoms with Crippen LogP contribution in [0.15, 0.2) is 76.7 Å². The van der Waals surface area contributed by atoms with E-state index in [0.717, 1.165) is 15.4 Å². The quantitative estimate of drug-likeness (QED) is 0.304. The molecule has 0 saturated carbocycles. The van der Waals surface area contributed by atoms with E-state index in [1.807, 2.05) is 31.2 Å². The van der Waals surface area contributed by atoms with Gasteiger partial charge >= 0.3 is 0 Å². The van der Waals surface area contributed by atoms with Crippen molar-refractivity contribution in [3.8, 4) is 0 Å². The highest BCUT2D eigenvalue weighted by Crippen LogP contribution is 2.31. The second-order valence-electron chi connectivity index (χ2n) is 9.77. The predicted molar refractivity (Wildman–Crippen MR) is 147 cm³/mol. The SMILES string of the molecule is C/C(=N/NC(=O)CN(c1cccc(Cl)c1C)S(=O)(=O)c1ccc(C)cc1)c1ccc(C(C)(C)C)cc1. The number of hydrazone groups is 1. The summed E-state index contributed by atoms with van der Waals surface area (Å²) in [6, 6.07) is 19.4. The van der Waals surface area contributed by atoms with E-state index < -0.39 is 22.5 Å². The van der Waals surface area contributed by atoms with Crippen LogP contribution in [0.3, 0.4) is 0 Å². The summed E-state index contributed by atoms with van der Waals surface area (Å²) >= 11 is 6.28. The van der Waals surface area contributed by atoms with E-state index in [-0.39, 0.29) is 10.3 Å². The van der Waals surface area contributed by atoms with Crippen LogP contribution in [0.25, 0.3) is 0 Å². The molecule has 3 aromatic rings. The summed E-state index contributed by atoms with van der Waals surface area (Å²) in [5.74, 6) is -0.573. The van der Waals surface area contributed by atoms with Gasteiger partial charge in [-0.1, -0.05) is 80.4 Å². The van der Waals surface area contributed by atoms with Crippen molar-refractivity contribution < 1.29 is 13.2 Å². The Morgan fingerprint density at radius 3 is 2.17 bits per heavy atom. The third kappa shape index (κ3) is 6.33. The monoisotopic (exact) mass is 525 g/mol. The Morgan fingerprint density at radius 2 is 1.58 bits per heavy atom. The Labute approximate surface area is 219 Å². The van der Waals surface area contributed by atoms with Crippen molar-refractivity contribution in [3.63, 3.8) is 0 Å². The Balaban J connectivity index is 1.88. The topological polar surface area (TPSA) is 78.8 Å². The van der Waals surface area contributed by atoms with Gasteiger partial charge in [0.05, 0.1) is 16.3 Å². The Morgan fingerprint density at radius 1 is 0.972 bits per heavy atom. The number of rotatable bonds is 7. The van der Waals surface area contributed by atoms with Crippen molar-refractivity contribution in [1.82, 2.24) is 5.43 Å². The molecule has 0 heterocycles. The number of halogens is 1. The van der Waals surface area contributed by atoms with Gasteiger partial charge < -0.3 is 0 Å². The molecule has 1 N–H and O–H groups in total. The van der Waals surface area contributed by atoms with Gasteiger partial charge in [-0.2, -0.15) is 5.10 Å². The first-order valence-corrected chi connectivity index (χ1v) is 13.4. The molecule has 0 atom stereocenters. The second-order valence-corrected chi connectivity index (χ2v) is 12.0. The van der Waals surface area contributed by atoms with Crippen molar-refractivity contribution >= 4 is 38.9 Å². The Kier molecular flexibility index (Phi) is 8.26. The zero-order valence-corrected chi connectivity index (χ0v) is 23.0. The minimum absolute atomic E-state index is 0.0304. The number of carbonyl (C=O) groups is 1. The number of anilines is 1. The first-order chi connectivity index (χ1) is 16.8. The number of hydrogen-bond acceptors (Lipinski definition) is 4. The molecule has 8 heteroatoms. The van der Waals surface area contributed by atoms with Crippen LogP contribution >= 0.6 is 11.6 Å². The van der Waals surface area contributed by atoms with Gasteiger partial charge in [0.1, 0.15) is 6.54 Å². The minimum atomic E-state index is -4.05. The number of amides is 1. The van der Waals surface area contributed by atoms with Gasteiger partial charge in [0.2, 0.25) is 0 Å². The van der Waals surface area contributed by atoms with Crippen LogP contribution < -0.4 is 9.73 Å². The molecule has 0 aliphatic carbocycles. The van der Waals surface area contributed by atoms with Crippen LogP contribution in [0, 0.1) is 13.8 Å². The number of hydrogen-bond donors (Lipinski definition) is 1. The lowest BCUT2D eigenvalue weighted by atomic mass is 9.86. The molecule has 0 aliphatic heterocycles. The molecule has 0 spiro atoms. The number of benzene rings is 3. The lowest BCUT2D eigenvalue weighted by Crippen LogP contribution is -2.40. The maximum absolute atomic E-state index is 13.6. The molecule has 0 unspecified atom stereocenters. The van der Waals surface area contributed by atoms with Crippen molar-refractivity contribution in [1.29, 1.82) is 0 Å². The molecular formula is C28H32ClN3O3S. The lowest BCUT2D eigenvalue weighted by molar-refractivity contribution is -0.119. The third-order valence-corrected chi connectivity index (χ3v) is 8.10. The minimum Gasteiger partial charge on any atom is -0.271 e. The van der Waals surface area contributed by atoms with Gasteiger partial charge in [-0.05, 0) is 67.1 Å². The second kappa shape index (κ2) is 10.8.